The van der Waals surface area contributed by atoms with Gasteiger partial charge in [-0.05, 0) is 14.1 Å². The second kappa shape index (κ2) is 4.54. The Morgan fingerprint density at radius 1 is 1.45 bits per heavy atom. The van der Waals surface area contributed by atoms with E-state index in [1.54, 1.807) is 21.0 Å². The van der Waals surface area contributed by atoms with Crippen molar-refractivity contribution in [3.8, 4) is 0 Å². The predicted octanol–water partition coefficient (Wildman–Crippen LogP) is 2.40. The third kappa shape index (κ3) is 6.93. The van der Waals surface area contributed by atoms with Crippen LogP contribution in [0.5, 0.6) is 0 Å². The van der Waals surface area contributed by atoms with Gasteiger partial charge in [-0.25, -0.2) is 8.78 Å². The molecule has 0 aromatic carbocycles. The van der Waals surface area contributed by atoms with Crippen LogP contribution in [0.25, 0.3) is 0 Å². The maximum atomic E-state index is 12.9. The van der Waals surface area contributed by atoms with E-state index in [1.807, 2.05) is 22.6 Å². The van der Waals surface area contributed by atoms with Gasteiger partial charge < -0.3 is 4.90 Å². The lowest BCUT2D eigenvalue weighted by atomic mass is 10.2. The monoisotopic (exact) mass is 277 g/mol. The minimum absolute atomic E-state index is 0.0301. The zero-order valence-corrected chi connectivity index (χ0v) is 9.23. The lowest BCUT2D eigenvalue weighted by molar-refractivity contribution is -0.0271. The molecule has 0 aliphatic rings. The summed E-state index contributed by atoms with van der Waals surface area (Å²) in [5.41, 5.74) is 0. The van der Waals surface area contributed by atoms with Crippen LogP contribution >= 0.6 is 22.6 Å². The molecule has 0 aromatic heterocycles. The Morgan fingerprint density at radius 2 is 1.91 bits per heavy atom. The molecule has 0 spiro atoms. The maximum absolute atomic E-state index is 12.9. The molecule has 4 heteroatoms. The Bertz CT molecular complexity index is 103. The molecule has 0 aromatic rings. The minimum Gasteiger partial charge on any atom is -0.304 e. The van der Waals surface area contributed by atoms with Crippen LogP contribution in [0.15, 0.2) is 0 Å². The highest BCUT2D eigenvalue weighted by molar-refractivity contribution is 14.1. The highest BCUT2D eigenvalue weighted by atomic mass is 127. The van der Waals surface area contributed by atoms with Crippen LogP contribution < -0.4 is 0 Å². The summed E-state index contributed by atoms with van der Waals surface area (Å²) in [7, 11) is 3.32. The van der Waals surface area contributed by atoms with Crippen LogP contribution in [0.3, 0.4) is 0 Å². The van der Waals surface area contributed by atoms with Gasteiger partial charge in [0, 0.05) is 10.3 Å². The third-order valence-corrected chi connectivity index (χ3v) is 1.57. The largest absolute Gasteiger partial charge is 0.304 e. The van der Waals surface area contributed by atoms with Gasteiger partial charge >= 0.3 is 0 Å². The average molecular weight is 277 g/mol. The number of alkyl halides is 3. The smallest absolute Gasteiger partial charge is 0.261 e. The quantitative estimate of drug-likeness (QED) is 0.563. The molecule has 1 unspecified atom stereocenters. The van der Waals surface area contributed by atoms with Crippen LogP contribution in [0.2, 0.25) is 0 Å². The summed E-state index contributed by atoms with van der Waals surface area (Å²) in [6.45, 7) is 1.64. The number of halogens is 3. The number of rotatable bonds is 4. The van der Waals surface area contributed by atoms with Crippen LogP contribution in [0.4, 0.5) is 8.78 Å². The first kappa shape index (κ1) is 11.6. The minimum atomic E-state index is -2.54. The predicted molar refractivity (Wildman–Crippen MR) is 51.6 cm³/mol. The van der Waals surface area contributed by atoms with E-state index in [1.165, 1.54) is 4.90 Å². The van der Waals surface area contributed by atoms with E-state index in [-0.39, 0.29) is 16.9 Å². The van der Waals surface area contributed by atoms with Crippen molar-refractivity contribution in [2.24, 2.45) is 0 Å². The molecule has 68 valence electrons. The van der Waals surface area contributed by atoms with Crippen LogP contribution in [-0.2, 0) is 0 Å². The molecule has 0 radical (unpaired) electrons. The summed E-state index contributed by atoms with van der Waals surface area (Å²) in [5.74, 6) is -2.54. The Morgan fingerprint density at radius 3 is 2.18 bits per heavy atom. The molecule has 0 aliphatic carbocycles. The van der Waals surface area contributed by atoms with E-state index in [4.69, 9.17) is 0 Å². The molecule has 0 aliphatic heterocycles. The zero-order valence-electron chi connectivity index (χ0n) is 7.07. The van der Waals surface area contributed by atoms with Gasteiger partial charge in [0.2, 0.25) is 0 Å². The number of hydrogen-bond donors (Lipinski definition) is 0. The molecule has 0 saturated carbocycles. The lowest BCUT2D eigenvalue weighted by Crippen LogP contribution is -2.33. The number of nitrogens with zero attached hydrogens (tertiary/aromatic N) is 1. The third-order valence-electron chi connectivity index (χ3n) is 1.13. The van der Waals surface area contributed by atoms with Gasteiger partial charge in [-0.3, -0.25) is 0 Å². The SMILES string of the molecule is CC(I)CC(F)(F)CN(C)C. The molecule has 0 saturated heterocycles. The Balaban J connectivity index is 3.79. The van der Waals surface area contributed by atoms with E-state index in [0.717, 1.165) is 0 Å². The van der Waals surface area contributed by atoms with E-state index >= 15 is 0 Å². The Labute approximate surface area is 80.3 Å². The van der Waals surface area contributed by atoms with E-state index in [9.17, 15) is 8.78 Å². The molecule has 0 N–H and O–H groups in total. The highest BCUT2D eigenvalue weighted by Crippen LogP contribution is 2.24. The van der Waals surface area contributed by atoms with Crippen molar-refractivity contribution in [3.63, 3.8) is 0 Å². The van der Waals surface area contributed by atoms with Gasteiger partial charge in [0.25, 0.3) is 5.92 Å². The lowest BCUT2D eigenvalue weighted by Gasteiger charge is -2.21. The van der Waals surface area contributed by atoms with E-state index < -0.39 is 5.92 Å². The topological polar surface area (TPSA) is 3.24 Å². The first-order valence-corrected chi connectivity index (χ1v) is 4.75. The molecule has 0 fully saturated rings. The van der Waals surface area contributed by atoms with E-state index in [0.29, 0.717) is 0 Å². The Hall–Kier alpha value is 0.550. The van der Waals surface area contributed by atoms with Crippen molar-refractivity contribution < 1.29 is 8.78 Å². The fourth-order valence-electron chi connectivity index (χ4n) is 0.939. The standard InChI is InChI=1S/C7H14F2IN/c1-6(10)4-7(8,9)5-11(2)3/h6H,4-5H2,1-3H3. The van der Waals surface area contributed by atoms with Gasteiger partial charge in [0.1, 0.15) is 0 Å². The molecular weight excluding hydrogens is 263 g/mol. The van der Waals surface area contributed by atoms with Gasteiger partial charge in [-0.2, -0.15) is 0 Å². The van der Waals surface area contributed by atoms with Gasteiger partial charge in [-0.1, -0.05) is 29.5 Å². The molecule has 0 heterocycles. The summed E-state index contributed by atoms with van der Waals surface area (Å²) in [5, 5.41) is 0. The Kier molecular flexibility index (Phi) is 4.77. The first-order valence-electron chi connectivity index (χ1n) is 3.50. The van der Waals surface area contributed by atoms with Gasteiger partial charge in [0.15, 0.2) is 0 Å². The second-order valence-electron chi connectivity index (χ2n) is 3.08. The van der Waals surface area contributed by atoms with Crippen molar-refractivity contribution in [2.45, 2.75) is 23.2 Å². The molecule has 0 amide bonds. The summed E-state index contributed by atoms with van der Waals surface area (Å²) in [4.78, 5) is 1.51. The average Bonchev–Trinajstić information content (AvgIpc) is 1.53. The fraction of sp³-hybridized carbons (Fsp3) is 1.00. The zero-order chi connectivity index (χ0) is 9.07. The van der Waals surface area contributed by atoms with Crippen LogP contribution in [-0.4, -0.2) is 35.4 Å². The molecule has 0 rings (SSSR count). The molecule has 11 heavy (non-hydrogen) atoms. The van der Waals surface area contributed by atoms with E-state index in [2.05, 4.69) is 0 Å². The summed E-state index contributed by atoms with van der Waals surface area (Å²) >= 11 is 2.02. The first-order chi connectivity index (χ1) is 4.83. The van der Waals surface area contributed by atoms with Crippen LogP contribution in [0.1, 0.15) is 13.3 Å². The summed E-state index contributed by atoms with van der Waals surface area (Å²) in [6.07, 6.45) is -0.0360. The van der Waals surface area contributed by atoms with Gasteiger partial charge in [-0.15, -0.1) is 0 Å². The highest BCUT2D eigenvalue weighted by Gasteiger charge is 2.30. The van der Waals surface area contributed by atoms with Crippen LogP contribution in [0, 0.1) is 0 Å². The fourth-order valence-corrected chi connectivity index (χ4v) is 1.58. The van der Waals surface area contributed by atoms with Crippen molar-refractivity contribution in [1.29, 1.82) is 0 Å². The molecule has 1 nitrogen and oxygen atoms in total. The molecular formula is C7H14F2IN. The molecule has 0 bridgehead atoms. The summed E-state index contributed by atoms with van der Waals surface area (Å²) in [6, 6.07) is 0. The number of hydrogen-bond acceptors (Lipinski definition) is 1. The normalized spacial score (nSPS) is 15.5. The van der Waals surface area contributed by atoms with Gasteiger partial charge in [0.05, 0.1) is 6.54 Å². The second-order valence-corrected chi connectivity index (χ2v) is 5.21. The van der Waals surface area contributed by atoms with Crippen molar-refractivity contribution in [2.75, 3.05) is 20.6 Å². The summed E-state index contributed by atoms with van der Waals surface area (Å²) < 4.78 is 25.8. The van der Waals surface area contributed by atoms with Crippen molar-refractivity contribution >= 4 is 22.6 Å². The molecule has 1 atom stereocenters. The van der Waals surface area contributed by atoms with Crippen molar-refractivity contribution in [3.05, 3.63) is 0 Å². The van der Waals surface area contributed by atoms with Crippen molar-refractivity contribution in [1.82, 2.24) is 4.90 Å². The maximum Gasteiger partial charge on any atom is 0.261 e.